The molecule has 0 radical (unpaired) electrons. The van der Waals surface area contributed by atoms with E-state index in [-0.39, 0.29) is 5.91 Å². The van der Waals surface area contributed by atoms with Crippen LogP contribution in [0.1, 0.15) is 43.4 Å². The average Bonchev–Trinajstić information content (AvgIpc) is 3.09. The minimum Gasteiger partial charge on any atom is -0.333 e. The molecular formula is C15H22N6O. The number of rotatable bonds is 4. The number of nitrogens with zero attached hydrogens (tertiary/aromatic N) is 6. The Hall–Kier alpha value is -2.18. The molecule has 0 saturated carbocycles. The summed E-state index contributed by atoms with van der Waals surface area (Å²) in [6.45, 7) is 8.89. The number of amides is 1. The van der Waals surface area contributed by atoms with E-state index in [1.54, 1.807) is 6.20 Å². The molecule has 1 amide bonds. The average molecular weight is 302 g/mol. The molecule has 3 heterocycles. The quantitative estimate of drug-likeness (QED) is 0.854. The molecule has 7 nitrogen and oxygen atoms in total. The molecule has 0 spiro atoms. The minimum atomic E-state index is 0.147. The maximum absolute atomic E-state index is 12.4. The van der Waals surface area contributed by atoms with Crippen molar-refractivity contribution >= 4 is 5.91 Å². The number of hydrogen-bond acceptors (Lipinski definition) is 4. The number of carbonyl (C=O) groups is 1. The monoisotopic (exact) mass is 302 g/mol. The predicted molar refractivity (Wildman–Crippen MR) is 81.1 cm³/mol. The first kappa shape index (κ1) is 14.7. The molecule has 1 aliphatic heterocycles. The highest BCUT2D eigenvalue weighted by Gasteiger charge is 2.25. The molecule has 2 aromatic rings. The largest absolute Gasteiger partial charge is 0.333 e. The van der Waals surface area contributed by atoms with Crippen LogP contribution in [0, 0.1) is 6.92 Å². The van der Waals surface area contributed by atoms with Gasteiger partial charge < -0.3 is 9.47 Å². The predicted octanol–water partition coefficient (Wildman–Crippen LogP) is 1.34. The van der Waals surface area contributed by atoms with Gasteiger partial charge in [-0.05, 0) is 12.5 Å². The van der Waals surface area contributed by atoms with Crippen molar-refractivity contribution in [2.45, 2.75) is 52.7 Å². The molecule has 0 bridgehead atoms. The van der Waals surface area contributed by atoms with Gasteiger partial charge in [0.1, 0.15) is 5.82 Å². The Kier molecular flexibility index (Phi) is 3.96. The standard InChI is InChI=1S/C15H22N6O/c1-11(2)15-18-17-13-10-19(6-7-21(13)15)14(22)4-5-20-9-12(3)8-16-20/h8-9,11H,4-7,10H2,1-3H3. The van der Waals surface area contributed by atoms with Gasteiger partial charge in [0.15, 0.2) is 5.82 Å². The summed E-state index contributed by atoms with van der Waals surface area (Å²) < 4.78 is 3.96. The fourth-order valence-corrected chi connectivity index (χ4v) is 2.78. The molecule has 0 N–H and O–H groups in total. The third-order valence-corrected chi connectivity index (χ3v) is 3.97. The second-order valence-electron chi connectivity index (χ2n) is 6.13. The van der Waals surface area contributed by atoms with E-state index in [1.165, 1.54) is 0 Å². The van der Waals surface area contributed by atoms with Gasteiger partial charge in [0, 0.05) is 38.2 Å². The van der Waals surface area contributed by atoms with E-state index >= 15 is 0 Å². The molecule has 0 aliphatic carbocycles. The van der Waals surface area contributed by atoms with E-state index < -0.39 is 0 Å². The lowest BCUT2D eigenvalue weighted by atomic mass is 10.2. The summed E-state index contributed by atoms with van der Waals surface area (Å²) in [5.74, 6) is 2.40. The molecule has 0 saturated heterocycles. The van der Waals surface area contributed by atoms with Gasteiger partial charge in [0.2, 0.25) is 5.91 Å². The number of aryl methyl sites for hydroxylation is 2. The molecule has 118 valence electrons. The zero-order valence-electron chi connectivity index (χ0n) is 13.4. The highest BCUT2D eigenvalue weighted by Crippen LogP contribution is 2.18. The van der Waals surface area contributed by atoms with E-state index in [4.69, 9.17) is 0 Å². The molecule has 0 fully saturated rings. The molecular weight excluding hydrogens is 280 g/mol. The van der Waals surface area contributed by atoms with Crippen molar-refractivity contribution in [2.75, 3.05) is 6.54 Å². The molecule has 3 rings (SSSR count). The molecule has 0 atom stereocenters. The van der Waals surface area contributed by atoms with Gasteiger partial charge in [-0.3, -0.25) is 9.48 Å². The van der Waals surface area contributed by atoms with Gasteiger partial charge in [-0.2, -0.15) is 5.10 Å². The van der Waals surface area contributed by atoms with Crippen molar-refractivity contribution < 1.29 is 4.79 Å². The normalized spacial score (nSPS) is 14.5. The Balaban J connectivity index is 1.60. The highest BCUT2D eigenvalue weighted by molar-refractivity contribution is 5.76. The summed E-state index contributed by atoms with van der Waals surface area (Å²) in [6.07, 6.45) is 4.22. The van der Waals surface area contributed by atoms with Crippen LogP contribution in [0.2, 0.25) is 0 Å². The van der Waals surface area contributed by atoms with Crippen LogP contribution in [-0.4, -0.2) is 41.9 Å². The molecule has 0 unspecified atom stereocenters. The van der Waals surface area contributed by atoms with Crippen LogP contribution in [0.3, 0.4) is 0 Å². The molecule has 7 heteroatoms. The number of aromatic nitrogens is 5. The van der Waals surface area contributed by atoms with Crippen LogP contribution < -0.4 is 0 Å². The Morgan fingerprint density at radius 1 is 1.32 bits per heavy atom. The SMILES string of the molecule is Cc1cnn(CCC(=O)N2CCn3c(nnc3C(C)C)C2)c1. The zero-order valence-corrected chi connectivity index (χ0v) is 13.4. The van der Waals surface area contributed by atoms with Gasteiger partial charge in [0.05, 0.1) is 12.7 Å². The second-order valence-corrected chi connectivity index (χ2v) is 6.13. The summed E-state index contributed by atoms with van der Waals surface area (Å²) in [5, 5.41) is 12.7. The second kappa shape index (κ2) is 5.90. The smallest absolute Gasteiger partial charge is 0.224 e. The van der Waals surface area contributed by atoms with E-state index in [9.17, 15) is 4.79 Å². The van der Waals surface area contributed by atoms with Crippen molar-refractivity contribution in [3.8, 4) is 0 Å². The Bertz CT molecular complexity index is 671. The van der Waals surface area contributed by atoms with Crippen molar-refractivity contribution in [1.29, 1.82) is 0 Å². The number of fused-ring (bicyclic) bond motifs is 1. The van der Waals surface area contributed by atoms with E-state index in [0.717, 1.165) is 30.3 Å². The highest BCUT2D eigenvalue weighted by atomic mass is 16.2. The molecule has 2 aromatic heterocycles. The van der Waals surface area contributed by atoms with E-state index in [0.29, 0.717) is 25.4 Å². The number of hydrogen-bond donors (Lipinski definition) is 0. The summed E-state index contributed by atoms with van der Waals surface area (Å²) in [6, 6.07) is 0. The van der Waals surface area contributed by atoms with Gasteiger partial charge >= 0.3 is 0 Å². The third kappa shape index (κ3) is 2.88. The summed E-state index contributed by atoms with van der Waals surface area (Å²) >= 11 is 0. The van der Waals surface area contributed by atoms with Gasteiger partial charge in [-0.25, -0.2) is 0 Å². The topological polar surface area (TPSA) is 68.8 Å². The Morgan fingerprint density at radius 3 is 2.82 bits per heavy atom. The number of carbonyl (C=O) groups excluding carboxylic acids is 1. The van der Waals surface area contributed by atoms with Crippen LogP contribution in [0.15, 0.2) is 12.4 Å². The zero-order chi connectivity index (χ0) is 15.7. The summed E-state index contributed by atoms with van der Waals surface area (Å²) in [5.41, 5.74) is 1.11. The maximum atomic E-state index is 12.4. The first-order valence-corrected chi connectivity index (χ1v) is 7.73. The Morgan fingerprint density at radius 2 is 2.14 bits per heavy atom. The van der Waals surface area contributed by atoms with E-state index in [2.05, 4.69) is 33.7 Å². The molecule has 0 aromatic carbocycles. The van der Waals surface area contributed by atoms with Crippen LogP contribution in [-0.2, 0) is 24.4 Å². The fraction of sp³-hybridized carbons (Fsp3) is 0.600. The van der Waals surface area contributed by atoms with Crippen LogP contribution >= 0.6 is 0 Å². The first-order chi connectivity index (χ1) is 10.5. The van der Waals surface area contributed by atoms with Crippen molar-refractivity contribution in [1.82, 2.24) is 29.4 Å². The van der Waals surface area contributed by atoms with Crippen molar-refractivity contribution in [2.24, 2.45) is 0 Å². The van der Waals surface area contributed by atoms with Crippen LogP contribution in [0.4, 0.5) is 0 Å². The lowest BCUT2D eigenvalue weighted by Crippen LogP contribution is -2.39. The van der Waals surface area contributed by atoms with Gasteiger partial charge in [-0.15, -0.1) is 10.2 Å². The summed E-state index contributed by atoms with van der Waals surface area (Å²) in [4.78, 5) is 14.2. The fourth-order valence-electron chi connectivity index (χ4n) is 2.78. The maximum Gasteiger partial charge on any atom is 0.224 e. The van der Waals surface area contributed by atoms with Crippen LogP contribution in [0.5, 0.6) is 0 Å². The van der Waals surface area contributed by atoms with Gasteiger partial charge in [-0.1, -0.05) is 13.8 Å². The lowest BCUT2D eigenvalue weighted by molar-refractivity contribution is -0.133. The lowest BCUT2D eigenvalue weighted by Gasteiger charge is -2.28. The van der Waals surface area contributed by atoms with Crippen molar-refractivity contribution in [3.05, 3.63) is 29.6 Å². The first-order valence-electron chi connectivity index (χ1n) is 7.73. The molecule has 22 heavy (non-hydrogen) atoms. The third-order valence-electron chi connectivity index (χ3n) is 3.97. The van der Waals surface area contributed by atoms with Crippen molar-refractivity contribution in [3.63, 3.8) is 0 Å². The van der Waals surface area contributed by atoms with Crippen LogP contribution in [0.25, 0.3) is 0 Å². The minimum absolute atomic E-state index is 0.147. The van der Waals surface area contributed by atoms with Gasteiger partial charge in [0.25, 0.3) is 0 Å². The molecule has 1 aliphatic rings. The Labute approximate surface area is 129 Å². The van der Waals surface area contributed by atoms with E-state index in [1.807, 2.05) is 22.7 Å². The summed E-state index contributed by atoms with van der Waals surface area (Å²) in [7, 11) is 0.